The maximum absolute atomic E-state index is 13.3. The molecule has 0 saturated heterocycles. The Labute approximate surface area is 167 Å². The number of carbonyl (C=O) groups excluding carboxylic acids is 1. The Morgan fingerprint density at radius 3 is 2.45 bits per heavy atom. The van der Waals surface area contributed by atoms with Crippen LogP contribution in [0.5, 0.6) is 0 Å². The number of benzene rings is 2. The van der Waals surface area contributed by atoms with E-state index in [-0.39, 0.29) is 16.1 Å². The van der Waals surface area contributed by atoms with Crippen LogP contribution in [0.15, 0.2) is 52.7 Å². The first-order chi connectivity index (χ1) is 13.7. The van der Waals surface area contributed by atoms with E-state index in [2.05, 4.69) is 15.4 Å². The van der Waals surface area contributed by atoms with Gasteiger partial charge < -0.3 is 10.6 Å². The van der Waals surface area contributed by atoms with E-state index in [4.69, 9.17) is 0 Å². The maximum Gasteiger partial charge on any atom is 0.255 e. The van der Waals surface area contributed by atoms with E-state index in [0.29, 0.717) is 17.8 Å². The van der Waals surface area contributed by atoms with E-state index in [1.165, 1.54) is 23.5 Å². The lowest BCUT2D eigenvalue weighted by molar-refractivity contribution is 0.102. The number of sulfonamides is 1. The molecule has 1 atom stereocenters. The molecule has 1 aliphatic rings. The third kappa shape index (κ3) is 3.71. The first-order valence-electron chi connectivity index (χ1n) is 8.17. The zero-order valence-electron chi connectivity index (χ0n) is 14.4. The number of halogens is 3. The molecule has 3 aromatic rings. The highest BCUT2D eigenvalue weighted by atomic mass is 32.2. The minimum absolute atomic E-state index is 0.0596. The molecule has 0 aliphatic carbocycles. The van der Waals surface area contributed by atoms with Crippen molar-refractivity contribution in [1.82, 2.24) is 4.72 Å². The van der Waals surface area contributed by atoms with Crippen LogP contribution in [0.4, 0.5) is 24.5 Å². The summed E-state index contributed by atoms with van der Waals surface area (Å²) in [6, 6.07) is 8.75. The second-order valence-electron chi connectivity index (χ2n) is 6.13. The largest absolute Gasteiger partial charge is 0.363 e. The summed E-state index contributed by atoms with van der Waals surface area (Å²) in [5.74, 6) is -5.38. The van der Waals surface area contributed by atoms with Gasteiger partial charge in [0.25, 0.3) is 5.91 Å². The molecule has 0 bridgehead atoms. The fourth-order valence-corrected chi connectivity index (χ4v) is 4.95. The lowest BCUT2D eigenvalue weighted by atomic mass is 10.1. The molecule has 1 unspecified atom stereocenters. The molecule has 0 spiro atoms. The Morgan fingerprint density at radius 2 is 1.79 bits per heavy atom. The zero-order chi connectivity index (χ0) is 20.8. The normalized spacial score (nSPS) is 17.3. The number of thiophene rings is 1. The van der Waals surface area contributed by atoms with Crippen LogP contribution in [0.3, 0.4) is 0 Å². The van der Waals surface area contributed by atoms with Crippen LogP contribution < -0.4 is 15.4 Å². The molecule has 2 aromatic carbocycles. The smallest absolute Gasteiger partial charge is 0.255 e. The standard InChI is InChI=1S/C18H12F3N3O3S2/c19-11-7-10(8-12(20)16(11)21)22-18(25)9-3-4-13-15(6-9)29(26,27)24-17(23-13)14-2-1-5-28-14/h1-8,17,23-24H,(H,22,25). The minimum atomic E-state index is -3.92. The molecule has 29 heavy (non-hydrogen) atoms. The number of rotatable bonds is 3. The SMILES string of the molecule is O=C(Nc1cc(F)c(F)c(F)c1)c1ccc2c(c1)S(=O)(=O)NC(c1cccs1)N2. The molecule has 0 saturated carbocycles. The van der Waals surface area contributed by atoms with Crippen molar-refractivity contribution in [3.8, 4) is 0 Å². The van der Waals surface area contributed by atoms with Crippen molar-refractivity contribution in [2.24, 2.45) is 0 Å². The molecule has 1 amide bonds. The minimum Gasteiger partial charge on any atom is -0.363 e. The Balaban J connectivity index is 1.62. The maximum atomic E-state index is 13.3. The van der Waals surface area contributed by atoms with Crippen molar-refractivity contribution in [3.63, 3.8) is 0 Å². The Kier molecular flexibility index (Phi) is 4.81. The molecule has 0 fully saturated rings. The lowest BCUT2D eigenvalue weighted by Gasteiger charge is -2.27. The summed E-state index contributed by atoms with van der Waals surface area (Å²) >= 11 is 1.38. The van der Waals surface area contributed by atoms with Gasteiger partial charge >= 0.3 is 0 Å². The average Bonchev–Trinajstić information content (AvgIpc) is 3.20. The molecule has 1 aliphatic heterocycles. The number of anilines is 2. The monoisotopic (exact) mass is 439 g/mol. The van der Waals surface area contributed by atoms with Gasteiger partial charge in [-0.05, 0) is 29.6 Å². The number of hydrogen-bond acceptors (Lipinski definition) is 5. The first kappa shape index (κ1) is 19.4. The van der Waals surface area contributed by atoms with Gasteiger partial charge in [-0.25, -0.2) is 21.6 Å². The second kappa shape index (κ2) is 7.17. The van der Waals surface area contributed by atoms with Crippen LogP contribution in [0.1, 0.15) is 21.4 Å². The van der Waals surface area contributed by atoms with Crippen molar-refractivity contribution in [2.75, 3.05) is 10.6 Å². The molecule has 4 rings (SSSR count). The second-order valence-corrected chi connectivity index (χ2v) is 8.79. The van der Waals surface area contributed by atoms with Gasteiger partial charge in [0.2, 0.25) is 10.0 Å². The van der Waals surface area contributed by atoms with Crippen LogP contribution in [-0.2, 0) is 10.0 Å². The number of fused-ring (bicyclic) bond motifs is 1. The predicted octanol–water partition coefficient (Wildman–Crippen LogP) is 3.82. The van der Waals surface area contributed by atoms with Gasteiger partial charge in [-0.1, -0.05) is 6.07 Å². The lowest BCUT2D eigenvalue weighted by Crippen LogP contribution is -2.38. The van der Waals surface area contributed by atoms with Crippen LogP contribution in [-0.4, -0.2) is 14.3 Å². The van der Waals surface area contributed by atoms with Gasteiger partial charge in [0.15, 0.2) is 17.5 Å². The molecule has 1 aromatic heterocycles. The van der Waals surface area contributed by atoms with Crippen molar-refractivity contribution in [2.45, 2.75) is 11.1 Å². The number of hydrogen-bond donors (Lipinski definition) is 3. The summed E-state index contributed by atoms with van der Waals surface area (Å²) in [4.78, 5) is 13.0. The van der Waals surface area contributed by atoms with E-state index in [1.807, 2.05) is 5.38 Å². The van der Waals surface area contributed by atoms with Crippen LogP contribution in [0, 0.1) is 17.5 Å². The highest BCUT2D eigenvalue weighted by Crippen LogP contribution is 2.33. The highest BCUT2D eigenvalue weighted by Gasteiger charge is 2.31. The quantitative estimate of drug-likeness (QED) is 0.542. The predicted molar refractivity (Wildman–Crippen MR) is 102 cm³/mol. The number of carbonyl (C=O) groups is 1. The molecular weight excluding hydrogens is 427 g/mol. The van der Waals surface area contributed by atoms with Gasteiger partial charge in [0, 0.05) is 28.3 Å². The molecule has 11 heteroatoms. The number of nitrogens with one attached hydrogen (secondary N) is 3. The van der Waals surface area contributed by atoms with Gasteiger partial charge in [0.1, 0.15) is 11.1 Å². The first-order valence-corrected chi connectivity index (χ1v) is 10.5. The summed E-state index contributed by atoms with van der Waals surface area (Å²) in [5.41, 5.74) is -0.0609. The summed E-state index contributed by atoms with van der Waals surface area (Å²) in [6.07, 6.45) is -0.641. The summed E-state index contributed by atoms with van der Waals surface area (Å²) in [5, 5.41) is 7.07. The molecule has 6 nitrogen and oxygen atoms in total. The van der Waals surface area contributed by atoms with E-state index in [0.717, 1.165) is 10.9 Å². The van der Waals surface area contributed by atoms with Crippen molar-refractivity contribution >= 4 is 38.6 Å². The third-order valence-corrected chi connectivity index (χ3v) is 6.58. The van der Waals surface area contributed by atoms with Crippen LogP contribution in [0.25, 0.3) is 0 Å². The topological polar surface area (TPSA) is 87.3 Å². The third-order valence-electron chi connectivity index (χ3n) is 4.18. The van der Waals surface area contributed by atoms with Crippen molar-refractivity contribution in [1.29, 1.82) is 0 Å². The van der Waals surface area contributed by atoms with Gasteiger partial charge in [-0.2, -0.15) is 4.72 Å². The molecule has 0 radical (unpaired) electrons. The van der Waals surface area contributed by atoms with E-state index in [9.17, 15) is 26.4 Å². The average molecular weight is 439 g/mol. The highest BCUT2D eigenvalue weighted by molar-refractivity contribution is 7.89. The molecular formula is C18H12F3N3O3S2. The fourth-order valence-electron chi connectivity index (χ4n) is 2.82. The summed E-state index contributed by atoms with van der Waals surface area (Å²) in [7, 11) is -3.92. The molecule has 3 N–H and O–H groups in total. The zero-order valence-corrected chi connectivity index (χ0v) is 16.0. The Bertz CT molecular complexity index is 1190. The molecule has 2 heterocycles. The van der Waals surface area contributed by atoms with E-state index < -0.39 is 39.5 Å². The van der Waals surface area contributed by atoms with E-state index >= 15 is 0 Å². The number of amides is 1. The van der Waals surface area contributed by atoms with Crippen molar-refractivity contribution in [3.05, 3.63) is 75.7 Å². The summed E-state index contributed by atoms with van der Waals surface area (Å²) in [6.45, 7) is 0. The van der Waals surface area contributed by atoms with Gasteiger partial charge in [-0.15, -0.1) is 11.3 Å². The van der Waals surface area contributed by atoms with Gasteiger partial charge in [-0.3, -0.25) is 4.79 Å². The summed E-state index contributed by atoms with van der Waals surface area (Å²) < 4.78 is 67.4. The van der Waals surface area contributed by atoms with Crippen LogP contribution in [0.2, 0.25) is 0 Å². The fraction of sp³-hybridized carbons (Fsp3) is 0.0556. The van der Waals surface area contributed by atoms with Gasteiger partial charge in [0.05, 0.1) is 5.69 Å². The van der Waals surface area contributed by atoms with Crippen LogP contribution >= 0.6 is 11.3 Å². The molecule has 150 valence electrons. The van der Waals surface area contributed by atoms with Crippen molar-refractivity contribution < 1.29 is 26.4 Å². The Morgan fingerprint density at radius 1 is 1.07 bits per heavy atom. The Hall–Kier alpha value is -2.89. The van der Waals surface area contributed by atoms with E-state index in [1.54, 1.807) is 12.1 Å².